The summed E-state index contributed by atoms with van der Waals surface area (Å²) in [6, 6.07) is 0. The summed E-state index contributed by atoms with van der Waals surface area (Å²) in [7, 11) is 0. The largest absolute Gasteiger partial charge is 0.481 e. The van der Waals surface area contributed by atoms with Crippen molar-refractivity contribution in [3.05, 3.63) is 0 Å². The molecule has 0 radical (unpaired) electrons. The number of esters is 1. The van der Waals surface area contributed by atoms with Crippen LogP contribution in [0.5, 0.6) is 0 Å². The molecule has 0 aliphatic rings. The van der Waals surface area contributed by atoms with Crippen molar-refractivity contribution < 1.29 is 34.0 Å². The lowest BCUT2D eigenvalue weighted by atomic mass is 10.2. The molecule has 15 heavy (non-hydrogen) atoms. The normalized spacial score (nSPS) is 12.1. The van der Waals surface area contributed by atoms with Gasteiger partial charge in [0, 0.05) is 6.92 Å². The standard InChI is InChI=1S/C8H14O7/c1-6(10)15-5-14-4-13-3-7(2-9)8(11)12/h7,9H,2-5H2,1H3,(H,11,12). The number of hydrogen-bond donors (Lipinski definition) is 2. The van der Waals surface area contributed by atoms with Gasteiger partial charge >= 0.3 is 11.9 Å². The van der Waals surface area contributed by atoms with Gasteiger partial charge in [0.15, 0.2) is 13.6 Å². The fourth-order valence-electron chi connectivity index (χ4n) is 0.610. The second kappa shape index (κ2) is 8.16. The lowest BCUT2D eigenvalue weighted by Gasteiger charge is -2.09. The van der Waals surface area contributed by atoms with Gasteiger partial charge in [0.2, 0.25) is 0 Å². The molecule has 0 bridgehead atoms. The highest BCUT2D eigenvalue weighted by Crippen LogP contribution is 1.96. The van der Waals surface area contributed by atoms with E-state index in [1.165, 1.54) is 6.92 Å². The van der Waals surface area contributed by atoms with Crippen LogP contribution in [-0.2, 0) is 23.8 Å². The van der Waals surface area contributed by atoms with Gasteiger partial charge in [-0.2, -0.15) is 0 Å². The molecule has 0 heterocycles. The van der Waals surface area contributed by atoms with Crippen LogP contribution in [0.1, 0.15) is 6.92 Å². The van der Waals surface area contributed by atoms with Gasteiger partial charge in [-0.25, -0.2) is 0 Å². The third-order valence-electron chi connectivity index (χ3n) is 1.40. The van der Waals surface area contributed by atoms with Crippen molar-refractivity contribution in [3.63, 3.8) is 0 Å². The smallest absolute Gasteiger partial charge is 0.311 e. The van der Waals surface area contributed by atoms with Crippen molar-refractivity contribution in [2.45, 2.75) is 6.92 Å². The van der Waals surface area contributed by atoms with E-state index in [-0.39, 0.29) is 20.2 Å². The Morgan fingerprint density at radius 3 is 2.40 bits per heavy atom. The van der Waals surface area contributed by atoms with Crippen LogP contribution in [0, 0.1) is 5.92 Å². The van der Waals surface area contributed by atoms with Gasteiger partial charge in [-0.1, -0.05) is 0 Å². The van der Waals surface area contributed by atoms with Crippen molar-refractivity contribution in [1.29, 1.82) is 0 Å². The van der Waals surface area contributed by atoms with E-state index >= 15 is 0 Å². The molecule has 0 saturated carbocycles. The minimum absolute atomic E-state index is 0.161. The molecule has 1 atom stereocenters. The molecule has 0 rings (SSSR count). The first-order valence-electron chi connectivity index (χ1n) is 4.20. The zero-order valence-electron chi connectivity index (χ0n) is 8.34. The Kier molecular flexibility index (Phi) is 7.51. The molecular weight excluding hydrogens is 208 g/mol. The molecule has 0 amide bonds. The molecule has 88 valence electrons. The van der Waals surface area contributed by atoms with Gasteiger partial charge in [-0.05, 0) is 0 Å². The first-order chi connectivity index (χ1) is 7.07. The molecule has 2 N–H and O–H groups in total. The van der Waals surface area contributed by atoms with Gasteiger partial charge in [0.25, 0.3) is 0 Å². The maximum atomic E-state index is 10.4. The van der Waals surface area contributed by atoms with E-state index in [1.807, 2.05) is 0 Å². The zero-order valence-corrected chi connectivity index (χ0v) is 8.34. The van der Waals surface area contributed by atoms with Crippen molar-refractivity contribution in [1.82, 2.24) is 0 Å². The van der Waals surface area contributed by atoms with E-state index < -0.39 is 24.5 Å². The molecule has 0 fully saturated rings. The molecule has 0 saturated heterocycles. The lowest BCUT2D eigenvalue weighted by Crippen LogP contribution is -2.24. The molecule has 1 unspecified atom stereocenters. The number of carbonyl (C=O) groups excluding carboxylic acids is 1. The van der Waals surface area contributed by atoms with Crippen molar-refractivity contribution in [3.8, 4) is 0 Å². The van der Waals surface area contributed by atoms with E-state index in [0.29, 0.717) is 0 Å². The summed E-state index contributed by atoms with van der Waals surface area (Å²) in [6.07, 6.45) is 0. The van der Waals surface area contributed by atoms with E-state index in [9.17, 15) is 9.59 Å². The van der Waals surface area contributed by atoms with Gasteiger partial charge in [-0.15, -0.1) is 0 Å². The monoisotopic (exact) mass is 222 g/mol. The van der Waals surface area contributed by atoms with Crippen molar-refractivity contribution >= 4 is 11.9 Å². The van der Waals surface area contributed by atoms with Gasteiger partial charge < -0.3 is 24.4 Å². The molecule has 0 aromatic carbocycles. The summed E-state index contributed by atoms with van der Waals surface area (Å²) in [6.45, 7) is 0.130. The first-order valence-corrected chi connectivity index (χ1v) is 4.20. The maximum absolute atomic E-state index is 10.4. The molecular formula is C8H14O7. The molecule has 0 aromatic rings. The Morgan fingerprint density at radius 1 is 1.27 bits per heavy atom. The number of carbonyl (C=O) groups is 2. The number of carboxylic acid groups (broad SMARTS) is 1. The quantitative estimate of drug-likeness (QED) is 0.314. The van der Waals surface area contributed by atoms with E-state index in [4.69, 9.17) is 14.9 Å². The fourth-order valence-corrected chi connectivity index (χ4v) is 0.610. The number of ether oxygens (including phenoxy) is 3. The van der Waals surface area contributed by atoms with Crippen LogP contribution in [0.4, 0.5) is 0 Å². The van der Waals surface area contributed by atoms with Gasteiger partial charge in [0.05, 0.1) is 13.2 Å². The SMILES string of the molecule is CC(=O)OCOCOCC(CO)C(=O)O. The fraction of sp³-hybridized carbons (Fsp3) is 0.750. The van der Waals surface area contributed by atoms with Crippen LogP contribution in [0.25, 0.3) is 0 Å². The molecule has 0 aliphatic heterocycles. The molecule has 7 heteroatoms. The van der Waals surface area contributed by atoms with Crippen molar-refractivity contribution in [2.75, 3.05) is 26.8 Å². The zero-order chi connectivity index (χ0) is 11.7. The summed E-state index contributed by atoms with van der Waals surface area (Å²) in [5, 5.41) is 17.1. The highest BCUT2D eigenvalue weighted by atomic mass is 16.7. The minimum atomic E-state index is -1.14. The van der Waals surface area contributed by atoms with Crippen LogP contribution < -0.4 is 0 Å². The molecule has 7 nitrogen and oxygen atoms in total. The number of hydrogen-bond acceptors (Lipinski definition) is 6. The number of rotatable bonds is 8. The average Bonchev–Trinajstić information content (AvgIpc) is 2.15. The van der Waals surface area contributed by atoms with E-state index in [2.05, 4.69) is 9.47 Å². The highest BCUT2D eigenvalue weighted by Gasteiger charge is 2.15. The summed E-state index contributed by atoms with van der Waals surface area (Å²) < 4.78 is 13.9. The van der Waals surface area contributed by atoms with E-state index in [0.717, 1.165) is 0 Å². The molecule has 0 aromatic heterocycles. The summed E-state index contributed by atoms with van der Waals surface area (Å²) in [5.74, 6) is -2.59. The lowest BCUT2D eigenvalue weighted by molar-refractivity contribution is -0.169. The predicted molar refractivity (Wildman–Crippen MR) is 46.7 cm³/mol. The second-order valence-electron chi connectivity index (χ2n) is 2.66. The predicted octanol–water partition coefficient (Wildman–Crippen LogP) is -0.809. The number of aliphatic hydroxyl groups is 1. The van der Waals surface area contributed by atoms with Gasteiger partial charge in [0.1, 0.15) is 5.92 Å². The second-order valence-corrected chi connectivity index (χ2v) is 2.66. The minimum Gasteiger partial charge on any atom is -0.481 e. The Balaban J connectivity index is 3.37. The van der Waals surface area contributed by atoms with Crippen LogP contribution in [0.2, 0.25) is 0 Å². The van der Waals surface area contributed by atoms with Crippen LogP contribution in [0.3, 0.4) is 0 Å². The maximum Gasteiger partial charge on any atom is 0.311 e. The Morgan fingerprint density at radius 2 is 1.93 bits per heavy atom. The average molecular weight is 222 g/mol. The van der Waals surface area contributed by atoms with Crippen LogP contribution in [0.15, 0.2) is 0 Å². The number of aliphatic hydroxyl groups excluding tert-OH is 1. The Bertz CT molecular complexity index is 203. The first kappa shape index (κ1) is 13.8. The molecule has 0 spiro atoms. The number of aliphatic carboxylic acids is 1. The summed E-state index contributed by atoms with van der Waals surface area (Å²) in [4.78, 5) is 20.7. The third-order valence-corrected chi connectivity index (χ3v) is 1.40. The number of carboxylic acids is 1. The highest BCUT2D eigenvalue weighted by molar-refractivity contribution is 5.70. The van der Waals surface area contributed by atoms with Crippen LogP contribution in [-0.4, -0.2) is 49.0 Å². The van der Waals surface area contributed by atoms with Gasteiger partial charge in [-0.3, -0.25) is 9.59 Å². The Labute approximate surface area is 86.5 Å². The summed E-state index contributed by atoms with van der Waals surface area (Å²) in [5.41, 5.74) is 0. The third kappa shape index (κ3) is 7.86. The van der Waals surface area contributed by atoms with Crippen molar-refractivity contribution in [2.24, 2.45) is 5.92 Å². The summed E-state index contributed by atoms with van der Waals surface area (Å²) >= 11 is 0. The molecule has 0 aliphatic carbocycles. The topological polar surface area (TPSA) is 102 Å². The Hall–Kier alpha value is -1.18. The van der Waals surface area contributed by atoms with E-state index in [1.54, 1.807) is 0 Å². The van der Waals surface area contributed by atoms with Crippen LogP contribution >= 0.6 is 0 Å².